The van der Waals surface area contributed by atoms with E-state index in [4.69, 9.17) is 27.8 Å². The van der Waals surface area contributed by atoms with Crippen LogP contribution in [0.2, 0.25) is 5.02 Å². The molecule has 1 spiro atoms. The molecule has 2 aliphatic rings. The SMILES string of the molecule is Nc1nc(N2CCC3(CC2)COC[C@H]3N)cnc1Sc1ccnc(F)c1Cl. The second kappa shape index (κ2) is 7.38. The number of halogens is 2. The van der Waals surface area contributed by atoms with Gasteiger partial charge in [-0.05, 0) is 18.9 Å². The van der Waals surface area contributed by atoms with E-state index in [2.05, 4.69) is 19.9 Å². The van der Waals surface area contributed by atoms with Crippen LogP contribution in [0, 0.1) is 11.4 Å². The van der Waals surface area contributed by atoms with E-state index in [1.54, 1.807) is 12.3 Å². The number of nitrogen functional groups attached to an aromatic ring is 1. The first kappa shape index (κ1) is 18.7. The summed E-state index contributed by atoms with van der Waals surface area (Å²) in [5, 5.41) is 0.426. The van der Waals surface area contributed by atoms with Crippen molar-refractivity contribution in [2.45, 2.75) is 28.8 Å². The number of pyridine rings is 1. The topological polar surface area (TPSA) is 103 Å². The van der Waals surface area contributed by atoms with Gasteiger partial charge in [0, 0.05) is 35.6 Å². The largest absolute Gasteiger partial charge is 0.381 e. The zero-order valence-electron chi connectivity index (χ0n) is 14.6. The highest BCUT2D eigenvalue weighted by molar-refractivity contribution is 7.99. The van der Waals surface area contributed by atoms with Gasteiger partial charge in [0.15, 0.2) is 5.82 Å². The molecule has 7 nitrogen and oxygen atoms in total. The highest BCUT2D eigenvalue weighted by Gasteiger charge is 2.44. The summed E-state index contributed by atoms with van der Waals surface area (Å²) < 4.78 is 19.1. The first-order valence-electron chi connectivity index (χ1n) is 8.67. The van der Waals surface area contributed by atoms with Gasteiger partial charge in [0.2, 0.25) is 5.95 Å². The molecule has 4 rings (SSSR count). The van der Waals surface area contributed by atoms with Gasteiger partial charge in [-0.15, -0.1) is 0 Å². The van der Waals surface area contributed by atoms with Crippen LogP contribution in [0.4, 0.5) is 16.0 Å². The minimum Gasteiger partial charge on any atom is -0.381 e. The quantitative estimate of drug-likeness (QED) is 0.743. The fraction of sp³-hybridized carbons (Fsp3) is 0.471. The molecule has 27 heavy (non-hydrogen) atoms. The van der Waals surface area contributed by atoms with Gasteiger partial charge in [0.1, 0.15) is 15.9 Å². The lowest BCUT2D eigenvalue weighted by atomic mass is 9.75. The van der Waals surface area contributed by atoms with Crippen molar-refractivity contribution in [1.82, 2.24) is 15.0 Å². The average Bonchev–Trinajstić information content (AvgIpc) is 3.01. The van der Waals surface area contributed by atoms with Crippen molar-refractivity contribution in [3.63, 3.8) is 0 Å². The molecule has 2 aliphatic heterocycles. The van der Waals surface area contributed by atoms with Crippen LogP contribution in [0.1, 0.15) is 12.8 Å². The maximum Gasteiger partial charge on any atom is 0.232 e. The normalized spacial score (nSPS) is 21.7. The molecule has 0 aromatic carbocycles. The summed E-state index contributed by atoms with van der Waals surface area (Å²) in [6.07, 6.45) is 4.95. The third-order valence-electron chi connectivity index (χ3n) is 5.33. The second-order valence-corrected chi connectivity index (χ2v) is 8.31. The van der Waals surface area contributed by atoms with Crippen molar-refractivity contribution in [2.75, 3.05) is 36.9 Å². The Morgan fingerprint density at radius 2 is 2.11 bits per heavy atom. The zero-order valence-corrected chi connectivity index (χ0v) is 16.1. The van der Waals surface area contributed by atoms with Crippen LogP contribution in [0.5, 0.6) is 0 Å². The van der Waals surface area contributed by atoms with Gasteiger partial charge in [-0.25, -0.2) is 15.0 Å². The summed E-state index contributed by atoms with van der Waals surface area (Å²) in [7, 11) is 0. The smallest absolute Gasteiger partial charge is 0.232 e. The molecule has 0 bridgehead atoms. The Bertz CT molecular complexity index is 848. The van der Waals surface area contributed by atoms with Crippen LogP contribution in [0.3, 0.4) is 0 Å². The molecular formula is C17H20ClFN6OS. The van der Waals surface area contributed by atoms with Crippen molar-refractivity contribution in [2.24, 2.45) is 11.1 Å². The minimum absolute atomic E-state index is 0.0516. The van der Waals surface area contributed by atoms with Crippen LogP contribution in [0.25, 0.3) is 0 Å². The standard InChI is InChI=1S/C17H20ClFN6OS/c18-13-10(1-4-22-14(13)19)27-16-15(21)24-12(7-23-16)25-5-2-17(3-6-25)9-26-8-11(17)20/h1,4,7,11H,2-3,5-6,8-9,20H2,(H2,21,24)/t11-/m1/s1. The molecular weight excluding hydrogens is 391 g/mol. The van der Waals surface area contributed by atoms with Crippen molar-refractivity contribution in [1.29, 1.82) is 0 Å². The number of nitrogens with zero attached hydrogens (tertiary/aromatic N) is 4. The Hall–Kier alpha value is -1.68. The van der Waals surface area contributed by atoms with Crippen LogP contribution in [0.15, 0.2) is 28.4 Å². The van der Waals surface area contributed by atoms with Crippen molar-refractivity contribution >= 4 is 35.0 Å². The number of anilines is 2. The van der Waals surface area contributed by atoms with Crippen molar-refractivity contribution in [3.05, 3.63) is 29.4 Å². The molecule has 4 N–H and O–H groups in total. The van der Waals surface area contributed by atoms with Crippen LogP contribution >= 0.6 is 23.4 Å². The molecule has 0 amide bonds. The van der Waals surface area contributed by atoms with E-state index in [0.717, 1.165) is 50.1 Å². The van der Waals surface area contributed by atoms with Gasteiger partial charge in [-0.2, -0.15) is 4.39 Å². The molecule has 1 atom stereocenters. The van der Waals surface area contributed by atoms with Gasteiger partial charge in [0.25, 0.3) is 0 Å². The van der Waals surface area contributed by atoms with Gasteiger partial charge in [-0.3, -0.25) is 0 Å². The Labute approximate surface area is 165 Å². The predicted octanol–water partition coefficient (Wildman–Crippen LogP) is 2.34. The van der Waals surface area contributed by atoms with E-state index in [9.17, 15) is 4.39 Å². The maximum atomic E-state index is 13.5. The molecule has 0 unspecified atom stereocenters. The van der Waals surface area contributed by atoms with Crippen LogP contribution in [-0.2, 0) is 4.74 Å². The van der Waals surface area contributed by atoms with E-state index in [0.29, 0.717) is 16.5 Å². The highest BCUT2D eigenvalue weighted by atomic mass is 35.5. The Kier molecular flexibility index (Phi) is 5.11. The summed E-state index contributed by atoms with van der Waals surface area (Å²) in [6.45, 7) is 3.03. The molecule has 0 radical (unpaired) electrons. The fourth-order valence-electron chi connectivity index (χ4n) is 3.57. The molecule has 2 fully saturated rings. The average molecular weight is 411 g/mol. The summed E-state index contributed by atoms with van der Waals surface area (Å²) in [5.74, 6) is 0.291. The number of ether oxygens (including phenoxy) is 1. The van der Waals surface area contributed by atoms with Crippen molar-refractivity contribution in [3.8, 4) is 0 Å². The third kappa shape index (κ3) is 3.56. The van der Waals surface area contributed by atoms with Crippen LogP contribution in [-0.4, -0.2) is 47.3 Å². The number of hydrogen-bond donors (Lipinski definition) is 2. The van der Waals surface area contributed by atoms with Gasteiger partial charge >= 0.3 is 0 Å². The van der Waals surface area contributed by atoms with E-state index in [1.165, 1.54) is 6.20 Å². The summed E-state index contributed by atoms with van der Waals surface area (Å²) >= 11 is 7.11. The summed E-state index contributed by atoms with van der Waals surface area (Å²) in [6, 6.07) is 1.71. The Morgan fingerprint density at radius 3 is 2.78 bits per heavy atom. The molecule has 2 saturated heterocycles. The number of piperidine rings is 1. The Morgan fingerprint density at radius 1 is 1.33 bits per heavy atom. The fourth-order valence-corrected chi connectivity index (χ4v) is 4.56. The van der Waals surface area contributed by atoms with Gasteiger partial charge in [-0.1, -0.05) is 23.4 Å². The maximum absolute atomic E-state index is 13.5. The minimum atomic E-state index is -0.721. The predicted molar refractivity (Wildman–Crippen MR) is 102 cm³/mol. The molecule has 144 valence electrons. The molecule has 2 aromatic rings. The molecule has 2 aromatic heterocycles. The van der Waals surface area contributed by atoms with Gasteiger partial charge in [0.05, 0.1) is 19.4 Å². The third-order valence-corrected chi connectivity index (χ3v) is 6.87. The molecule has 0 saturated carbocycles. The lowest BCUT2D eigenvalue weighted by molar-refractivity contribution is 0.131. The first-order valence-corrected chi connectivity index (χ1v) is 9.87. The lowest BCUT2D eigenvalue weighted by Gasteiger charge is -2.41. The van der Waals surface area contributed by atoms with Crippen molar-refractivity contribution < 1.29 is 9.13 Å². The van der Waals surface area contributed by atoms with Crippen LogP contribution < -0.4 is 16.4 Å². The number of hydrogen-bond acceptors (Lipinski definition) is 8. The molecule has 0 aliphatic carbocycles. The van der Waals surface area contributed by atoms with E-state index in [1.807, 2.05) is 0 Å². The van der Waals surface area contributed by atoms with Gasteiger partial charge < -0.3 is 21.1 Å². The van der Waals surface area contributed by atoms with E-state index >= 15 is 0 Å². The number of nitrogens with two attached hydrogens (primary N) is 2. The second-order valence-electron chi connectivity index (χ2n) is 6.91. The highest BCUT2D eigenvalue weighted by Crippen LogP contribution is 2.40. The lowest BCUT2D eigenvalue weighted by Crippen LogP contribution is -2.49. The zero-order chi connectivity index (χ0) is 19.0. The van der Waals surface area contributed by atoms with E-state index in [-0.39, 0.29) is 22.3 Å². The molecule has 4 heterocycles. The monoisotopic (exact) mass is 410 g/mol. The summed E-state index contributed by atoms with van der Waals surface area (Å²) in [4.78, 5) is 15.1. The van der Waals surface area contributed by atoms with E-state index < -0.39 is 5.95 Å². The first-order chi connectivity index (χ1) is 13.0. The Balaban J connectivity index is 1.47. The number of rotatable bonds is 3. The molecule has 10 heteroatoms. The number of aromatic nitrogens is 3. The summed E-state index contributed by atoms with van der Waals surface area (Å²) in [5.41, 5.74) is 12.4.